The molecule has 23 heavy (non-hydrogen) atoms. The van der Waals surface area contributed by atoms with Gasteiger partial charge in [0.25, 0.3) is 0 Å². The van der Waals surface area contributed by atoms with Gasteiger partial charge in [0.05, 0.1) is 11.6 Å². The Balaban J connectivity index is 1.82. The summed E-state index contributed by atoms with van der Waals surface area (Å²) in [6.45, 7) is 4.06. The van der Waals surface area contributed by atoms with Gasteiger partial charge in [-0.3, -0.25) is 9.59 Å². The average Bonchev–Trinajstić information content (AvgIpc) is 2.60. The molecule has 0 heterocycles. The Morgan fingerprint density at radius 2 is 1.70 bits per heavy atom. The molecule has 2 N–H and O–H groups in total. The second-order valence-electron chi connectivity index (χ2n) is 5.76. The molecule has 0 bridgehead atoms. The van der Waals surface area contributed by atoms with E-state index in [2.05, 4.69) is 17.2 Å². The van der Waals surface area contributed by atoms with Gasteiger partial charge in [0, 0.05) is 24.1 Å². The van der Waals surface area contributed by atoms with Crippen molar-refractivity contribution in [2.45, 2.75) is 25.7 Å². The van der Waals surface area contributed by atoms with Crippen molar-refractivity contribution in [3.8, 4) is 6.07 Å². The minimum absolute atomic E-state index is 0.00564. The van der Waals surface area contributed by atoms with E-state index >= 15 is 0 Å². The van der Waals surface area contributed by atoms with Gasteiger partial charge in [0.1, 0.15) is 0 Å². The summed E-state index contributed by atoms with van der Waals surface area (Å²) < 4.78 is 0. The highest BCUT2D eigenvalue weighted by atomic mass is 16.2. The van der Waals surface area contributed by atoms with Crippen molar-refractivity contribution >= 4 is 17.5 Å². The summed E-state index contributed by atoms with van der Waals surface area (Å²) in [6.07, 6.45) is 4.56. The SMILES string of the molecule is C=CCNC(=O)C1CCC(C(=O)Nc2ccc(C#N)cc2)CC1. The van der Waals surface area contributed by atoms with Gasteiger partial charge >= 0.3 is 0 Å². The maximum atomic E-state index is 12.3. The molecule has 120 valence electrons. The van der Waals surface area contributed by atoms with Gasteiger partial charge in [-0.2, -0.15) is 5.26 Å². The molecule has 0 aromatic heterocycles. The number of amides is 2. The van der Waals surface area contributed by atoms with E-state index in [1.807, 2.05) is 6.07 Å². The number of benzene rings is 1. The topological polar surface area (TPSA) is 82.0 Å². The van der Waals surface area contributed by atoms with E-state index in [9.17, 15) is 9.59 Å². The quantitative estimate of drug-likeness (QED) is 0.820. The fraction of sp³-hybridized carbons (Fsp3) is 0.389. The third-order valence-electron chi connectivity index (χ3n) is 4.17. The highest BCUT2D eigenvalue weighted by Crippen LogP contribution is 2.29. The van der Waals surface area contributed by atoms with Gasteiger partial charge in [-0.25, -0.2) is 0 Å². The first-order valence-electron chi connectivity index (χ1n) is 7.83. The van der Waals surface area contributed by atoms with Crippen LogP contribution < -0.4 is 10.6 Å². The zero-order valence-corrected chi connectivity index (χ0v) is 13.0. The molecule has 0 spiro atoms. The summed E-state index contributed by atoms with van der Waals surface area (Å²) in [5.74, 6) is -0.0292. The number of hydrogen-bond acceptors (Lipinski definition) is 3. The van der Waals surface area contributed by atoms with Crippen LogP contribution in [0, 0.1) is 23.2 Å². The molecule has 0 saturated heterocycles. The van der Waals surface area contributed by atoms with Crippen molar-refractivity contribution < 1.29 is 9.59 Å². The third kappa shape index (κ3) is 4.68. The lowest BCUT2D eigenvalue weighted by Gasteiger charge is -2.27. The van der Waals surface area contributed by atoms with Crippen molar-refractivity contribution in [3.63, 3.8) is 0 Å². The minimum Gasteiger partial charge on any atom is -0.352 e. The first kappa shape index (κ1) is 16.8. The second kappa shape index (κ2) is 8.14. The molecule has 1 aromatic carbocycles. The van der Waals surface area contributed by atoms with Gasteiger partial charge in [0.15, 0.2) is 0 Å². The van der Waals surface area contributed by atoms with E-state index in [4.69, 9.17) is 5.26 Å². The Bertz CT molecular complexity index is 608. The molecular formula is C18H21N3O2. The minimum atomic E-state index is -0.0610. The first-order chi connectivity index (χ1) is 11.1. The van der Waals surface area contributed by atoms with Gasteiger partial charge in [-0.05, 0) is 49.9 Å². The molecule has 1 saturated carbocycles. The average molecular weight is 311 g/mol. The van der Waals surface area contributed by atoms with Gasteiger partial charge in [-0.15, -0.1) is 6.58 Å². The number of nitrogens with one attached hydrogen (secondary N) is 2. The highest BCUT2D eigenvalue weighted by Gasteiger charge is 2.29. The Kier molecular flexibility index (Phi) is 5.93. The van der Waals surface area contributed by atoms with E-state index in [-0.39, 0.29) is 23.7 Å². The molecule has 0 aliphatic heterocycles. The molecule has 0 radical (unpaired) electrons. The van der Waals surface area contributed by atoms with E-state index < -0.39 is 0 Å². The van der Waals surface area contributed by atoms with Crippen LogP contribution in [0.25, 0.3) is 0 Å². The van der Waals surface area contributed by atoms with Crippen molar-refractivity contribution in [2.75, 3.05) is 11.9 Å². The van der Waals surface area contributed by atoms with E-state index in [1.165, 1.54) is 0 Å². The Labute approximate surface area is 136 Å². The summed E-state index contributed by atoms with van der Waals surface area (Å²) in [4.78, 5) is 24.2. The summed E-state index contributed by atoms with van der Waals surface area (Å²) in [7, 11) is 0. The molecule has 1 aliphatic rings. The number of rotatable bonds is 5. The zero-order chi connectivity index (χ0) is 16.7. The summed E-state index contributed by atoms with van der Waals surface area (Å²) in [6, 6.07) is 8.85. The van der Waals surface area contributed by atoms with Crippen LogP contribution in [0.4, 0.5) is 5.69 Å². The molecule has 1 aliphatic carbocycles. The molecule has 5 heteroatoms. The van der Waals surface area contributed by atoms with Crippen LogP contribution in [0.2, 0.25) is 0 Å². The zero-order valence-electron chi connectivity index (χ0n) is 13.0. The smallest absolute Gasteiger partial charge is 0.227 e. The van der Waals surface area contributed by atoms with Crippen molar-refractivity contribution in [1.29, 1.82) is 5.26 Å². The van der Waals surface area contributed by atoms with Crippen LogP contribution in [0.5, 0.6) is 0 Å². The lowest BCUT2D eigenvalue weighted by atomic mass is 9.81. The normalized spacial score (nSPS) is 20.1. The lowest BCUT2D eigenvalue weighted by Crippen LogP contribution is -2.35. The van der Waals surface area contributed by atoms with Gasteiger partial charge in [0.2, 0.25) is 11.8 Å². The van der Waals surface area contributed by atoms with E-state index in [0.717, 1.165) is 12.8 Å². The molecule has 1 aromatic rings. The van der Waals surface area contributed by atoms with E-state index in [0.29, 0.717) is 30.6 Å². The Morgan fingerprint density at radius 1 is 1.13 bits per heavy atom. The number of carbonyl (C=O) groups is 2. The number of carbonyl (C=O) groups excluding carboxylic acids is 2. The predicted molar refractivity (Wildman–Crippen MR) is 88.4 cm³/mol. The summed E-state index contributed by atoms with van der Waals surface area (Å²) in [5, 5.41) is 14.5. The summed E-state index contributed by atoms with van der Waals surface area (Å²) >= 11 is 0. The standard InChI is InChI=1S/C18H21N3O2/c1-2-11-20-17(22)14-5-7-15(8-6-14)18(23)21-16-9-3-13(12-19)4-10-16/h2-4,9-10,14-15H,1,5-8,11H2,(H,20,22)(H,21,23). The molecule has 1 fully saturated rings. The van der Waals surface area contributed by atoms with Crippen molar-refractivity contribution in [2.24, 2.45) is 11.8 Å². The number of hydrogen-bond donors (Lipinski definition) is 2. The largest absolute Gasteiger partial charge is 0.352 e. The fourth-order valence-electron chi connectivity index (χ4n) is 2.81. The summed E-state index contributed by atoms with van der Waals surface area (Å²) in [5.41, 5.74) is 1.26. The molecule has 2 rings (SSSR count). The van der Waals surface area contributed by atoms with E-state index in [1.54, 1.807) is 30.3 Å². The number of anilines is 1. The van der Waals surface area contributed by atoms with Crippen LogP contribution >= 0.6 is 0 Å². The molecular weight excluding hydrogens is 290 g/mol. The van der Waals surface area contributed by atoms with Gasteiger partial charge in [-0.1, -0.05) is 6.08 Å². The van der Waals surface area contributed by atoms with Crippen molar-refractivity contribution in [1.82, 2.24) is 5.32 Å². The number of nitriles is 1. The first-order valence-corrected chi connectivity index (χ1v) is 7.83. The molecule has 0 unspecified atom stereocenters. The predicted octanol–water partition coefficient (Wildman–Crippen LogP) is 2.61. The van der Waals surface area contributed by atoms with Gasteiger partial charge < -0.3 is 10.6 Å². The lowest BCUT2D eigenvalue weighted by molar-refractivity contribution is -0.128. The second-order valence-corrected chi connectivity index (χ2v) is 5.76. The Morgan fingerprint density at radius 3 is 2.22 bits per heavy atom. The highest BCUT2D eigenvalue weighted by molar-refractivity contribution is 5.92. The monoisotopic (exact) mass is 311 g/mol. The molecule has 5 nitrogen and oxygen atoms in total. The van der Waals surface area contributed by atoms with Crippen molar-refractivity contribution in [3.05, 3.63) is 42.5 Å². The Hall–Kier alpha value is -2.61. The van der Waals surface area contributed by atoms with Crippen LogP contribution in [0.15, 0.2) is 36.9 Å². The van der Waals surface area contributed by atoms with Crippen LogP contribution in [-0.2, 0) is 9.59 Å². The van der Waals surface area contributed by atoms with Crippen LogP contribution in [0.1, 0.15) is 31.2 Å². The number of nitrogens with zero attached hydrogens (tertiary/aromatic N) is 1. The van der Waals surface area contributed by atoms with Crippen LogP contribution in [-0.4, -0.2) is 18.4 Å². The molecule has 0 atom stereocenters. The van der Waals surface area contributed by atoms with Crippen LogP contribution in [0.3, 0.4) is 0 Å². The molecule has 2 amide bonds. The third-order valence-corrected chi connectivity index (χ3v) is 4.17. The maximum Gasteiger partial charge on any atom is 0.227 e. The maximum absolute atomic E-state index is 12.3. The fourth-order valence-corrected chi connectivity index (χ4v) is 2.81.